The summed E-state index contributed by atoms with van der Waals surface area (Å²) in [5.74, 6) is 0. The van der Waals surface area contributed by atoms with E-state index in [2.05, 4.69) is 59.2 Å². The minimum Gasteiger partial charge on any atom is -0.353 e. The molecule has 18 heavy (non-hydrogen) atoms. The summed E-state index contributed by atoms with van der Waals surface area (Å²) < 4.78 is 0. The van der Waals surface area contributed by atoms with Crippen molar-refractivity contribution in [1.29, 1.82) is 0 Å². The molecule has 0 amide bonds. The molecule has 4 nitrogen and oxygen atoms in total. The van der Waals surface area contributed by atoms with E-state index in [1.54, 1.807) is 0 Å². The third-order valence-corrected chi connectivity index (χ3v) is 5.81. The number of imidazole rings is 2. The SMILES string of the molecule is C[Si](C)(C)c1ncc[nH]1.C[Si](C)(C)c1ncc[nH]1. The van der Waals surface area contributed by atoms with Gasteiger partial charge in [-0.2, -0.15) is 0 Å². The number of rotatable bonds is 2. The highest BCUT2D eigenvalue weighted by Gasteiger charge is 2.18. The summed E-state index contributed by atoms with van der Waals surface area (Å²) in [5.41, 5.74) is 2.37. The topological polar surface area (TPSA) is 57.4 Å². The first kappa shape index (κ1) is 14.9. The number of hydrogen-bond donors (Lipinski definition) is 2. The zero-order valence-corrected chi connectivity index (χ0v) is 14.2. The lowest BCUT2D eigenvalue weighted by Crippen LogP contribution is -2.40. The summed E-state index contributed by atoms with van der Waals surface area (Å²) in [4.78, 5) is 14.6. The normalized spacial score (nSPS) is 11.9. The van der Waals surface area contributed by atoms with Crippen molar-refractivity contribution < 1.29 is 0 Å². The Morgan fingerprint density at radius 1 is 0.722 bits per heavy atom. The van der Waals surface area contributed by atoms with E-state index in [9.17, 15) is 0 Å². The van der Waals surface area contributed by atoms with Crippen molar-refractivity contribution >= 4 is 27.0 Å². The highest BCUT2D eigenvalue weighted by Crippen LogP contribution is 1.96. The summed E-state index contributed by atoms with van der Waals surface area (Å²) >= 11 is 0. The Morgan fingerprint density at radius 2 is 1.06 bits per heavy atom. The summed E-state index contributed by atoms with van der Waals surface area (Å²) in [5, 5.41) is 0. The highest BCUT2D eigenvalue weighted by molar-refractivity contribution is 6.87. The first-order valence-corrected chi connectivity index (χ1v) is 13.2. The molecular formula is C12H24N4Si2. The molecule has 2 rings (SSSR count). The molecule has 0 radical (unpaired) electrons. The van der Waals surface area contributed by atoms with E-state index in [1.807, 2.05) is 24.8 Å². The third-order valence-electron chi connectivity index (χ3n) is 2.42. The molecule has 2 heterocycles. The van der Waals surface area contributed by atoms with Crippen LogP contribution in [0.3, 0.4) is 0 Å². The molecule has 0 spiro atoms. The van der Waals surface area contributed by atoms with Crippen molar-refractivity contribution in [3.05, 3.63) is 24.8 Å². The molecule has 0 aliphatic carbocycles. The predicted molar refractivity (Wildman–Crippen MR) is 83.1 cm³/mol. The van der Waals surface area contributed by atoms with Crippen LogP contribution in [-0.2, 0) is 0 Å². The zero-order chi connectivity index (χ0) is 13.8. The molecule has 6 heteroatoms. The minimum absolute atomic E-state index is 1.15. The Kier molecular flexibility index (Phi) is 4.69. The van der Waals surface area contributed by atoms with Crippen molar-refractivity contribution in [2.24, 2.45) is 0 Å². The second-order valence-corrected chi connectivity index (χ2v) is 16.3. The number of nitrogens with one attached hydrogen (secondary N) is 2. The fraction of sp³-hybridized carbons (Fsp3) is 0.500. The van der Waals surface area contributed by atoms with Crippen LogP contribution in [0.5, 0.6) is 0 Å². The van der Waals surface area contributed by atoms with E-state index in [0.29, 0.717) is 0 Å². The van der Waals surface area contributed by atoms with Crippen molar-refractivity contribution in [3.8, 4) is 0 Å². The fourth-order valence-electron chi connectivity index (χ4n) is 1.35. The van der Waals surface area contributed by atoms with Gasteiger partial charge in [0.25, 0.3) is 0 Å². The first-order valence-electron chi connectivity index (χ1n) is 6.21. The average Bonchev–Trinajstić information content (AvgIpc) is 2.91. The molecule has 2 aromatic rings. The van der Waals surface area contributed by atoms with Crippen LogP contribution in [0.1, 0.15) is 0 Å². The van der Waals surface area contributed by atoms with E-state index < -0.39 is 16.1 Å². The fourth-order valence-corrected chi connectivity index (χ4v) is 3.31. The van der Waals surface area contributed by atoms with Crippen LogP contribution in [0.4, 0.5) is 0 Å². The molecule has 0 fully saturated rings. The van der Waals surface area contributed by atoms with Gasteiger partial charge in [-0.15, -0.1) is 0 Å². The van der Waals surface area contributed by atoms with Crippen molar-refractivity contribution in [3.63, 3.8) is 0 Å². The largest absolute Gasteiger partial charge is 0.353 e. The quantitative estimate of drug-likeness (QED) is 0.826. The van der Waals surface area contributed by atoms with Gasteiger partial charge in [0.15, 0.2) is 0 Å². The molecule has 0 saturated heterocycles. The maximum atomic E-state index is 4.19. The van der Waals surface area contributed by atoms with Gasteiger partial charge in [0.2, 0.25) is 0 Å². The molecule has 0 atom stereocenters. The maximum Gasteiger partial charge on any atom is 0.123 e. The van der Waals surface area contributed by atoms with Crippen LogP contribution < -0.4 is 10.9 Å². The Labute approximate surface area is 111 Å². The van der Waals surface area contributed by atoms with Gasteiger partial charge < -0.3 is 9.97 Å². The molecule has 0 aliphatic heterocycles. The van der Waals surface area contributed by atoms with E-state index in [0.717, 1.165) is 0 Å². The van der Waals surface area contributed by atoms with E-state index >= 15 is 0 Å². The van der Waals surface area contributed by atoms with E-state index in [-0.39, 0.29) is 0 Å². The Morgan fingerprint density at radius 3 is 1.17 bits per heavy atom. The van der Waals surface area contributed by atoms with Gasteiger partial charge in [0, 0.05) is 24.8 Å². The summed E-state index contributed by atoms with van der Waals surface area (Å²) in [6.07, 6.45) is 7.39. The average molecular weight is 281 g/mol. The van der Waals surface area contributed by atoms with Crippen LogP contribution in [0.25, 0.3) is 0 Å². The first-order chi connectivity index (χ1) is 8.21. The Hall–Kier alpha value is -1.15. The van der Waals surface area contributed by atoms with Gasteiger partial charge in [-0.25, -0.2) is 9.97 Å². The molecule has 0 unspecified atom stereocenters. The molecule has 2 aromatic heterocycles. The standard InChI is InChI=1S/2C6H12N2Si/c2*1-9(2,3)6-7-4-5-8-6/h2*4-5H,1-3H3,(H,7,8). The van der Waals surface area contributed by atoms with Gasteiger partial charge in [0.05, 0.1) is 10.9 Å². The molecule has 2 N–H and O–H groups in total. The van der Waals surface area contributed by atoms with Crippen LogP contribution in [0, 0.1) is 0 Å². The number of aromatic nitrogens is 4. The lowest BCUT2D eigenvalue weighted by atomic mass is 11.0. The number of H-pyrrole nitrogens is 2. The van der Waals surface area contributed by atoms with E-state index in [1.165, 1.54) is 10.9 Å². The lowest BCUT2D eigenvalue weighted by Gasteiger charge is -2.10. The Bertz CT molecular complexity index is 391. The third kappa shape index (κ3) is 4.62. The number of aromatic amines is 2. The number of nitrogens with zero attached hydrogens (tertiary/aromatic N) is 2. The van der Waals surface area contributed by atoms with E-state index in [4.69, 9.17) is 0 Å². The summed E-state index contributed by atoms with van der Waals surface area (Å²) in [6.45, 7) is 13.6. The maximum absolute atomic E-state index is 4.19. The second-order valence-electron chi connectivity index (χ2n) is 6.38. The summed E-state index contributed by atoms with van der Waals surface area (Å²) in [6, 6.07) is 0. The molecule has 100 valence electrons. The van der Waals surface area contributed by atoms with Crippen LogP contribution in [0.2, 0.25) is 39.3 Å². The molecule has 0 saturated carbocycles. The van der Waals surface area contributed by atoms with Crippen LogP contribution in [-0.4, -0.2) is 36.1 Å². The minimum atomic E-state index is -1.15. The van der Waals surface area contributed by atoms with Crippen molar-refractivity contribution in [2.45, 2.75) is 39.3 Å². The lowest BCUT2D eigenvalue weighted by molar-refractivity contribution is 1.36. The van der Waals surface area contributed by atoms with Gasteiger partial charge in [-0.05, 0) is 0 Å². The zero-order valence-electron chi connectivity index (χ0n) is 12.2. The molecular weight excluding hydrogens is 256 g/mol. The smallest absolute Gasteiger partial charge is 0.123 e. The van der Waals surface area contributed by atoms with Crippen molar-refractivity contribution in [2.75, 3.05) is 0 Å². The van der Waals surface area contributed by atoms with Gasteiger partial charge in [0.1, 0.15) is 16.1 Å². The second kappa shape index (κ2) is 5.66. The van der Waals surface area contributed by atoms with Gasteiger partial charge >= 0.3 is 0 Å². The molecule has 0 bridgehead atoms. The highest BCUT2D eigenvalue weighted by atomic mass is 28.3. The van der Waals surface area contributed by atoms with Gasteiger partial charge in [-0.1, -0.05) is 39.3 Å². The van der Waals surface area contributed by atoms with Crippen LogP contribution in [0.15, 0.2) is 24.8 Å². The Balaban J connectivity index is 0.000000180. The monoisotopic (exact) mass is 280 g/mol. The molecule has 0 aliphatic rings. The summed E-state index contributed by atoms with van der Waals surface area (Å²) in [7, 11) is -2.30. The number of hydrogen-bond acceptors (Lipinski definition) is 2. The predicted octanol–water partition coefficient (Wildman–Crippen LogP) is 1.91. The molecule has 0 aromatic carbocycles. The van der Waals surface area contributed by atoms with Gasteiger partial charge in [-0.3, -0.25) is 0 Å². The van der Waals surface area contributed by atoms with Crippen molar-refractivity contribution in [1.82, 2.24) is 19.9 Å². The van der Waals surface area contributed by atoms with Crippen LogP contribution >= 0.6 is 0 Å².